The molecular weight excluding hydrogens is 412 g/mol. The Hall–Kier alpha value is -3.16. The van der Waals surface area contributed by atoms with Crippen LogP contribution in [0.1, 0.15) is 16.7 Å². The van der Waals surface area contributed by atoms with Gasteiger partial charge >= 0.3 is 0 Å². The summed E-state index contributed by atoms with van der Waals surface area (Å²) in [6.45, 7) is 4.16. The van der Waals surface area contributed by atoms with Crippen LogP contribution in [-0.2, 0) is 21.2 Å². The van der Waals surface area contributed by atoms with Gasteiger partial charge in [-0.05, 0) is 73.4 Å². The lowest BCUT2D eigenvalue weighted by Crippen LogP contribution is -2.26. The largest absolute Gasteiger partial charge is 0.484 e. The molecule has 0 aliphatic carbocycles. The van der Waals surface area contributed by atoms with Gasteiger partial charge in [0.05, 0.1) is 4.90 Å². The van der Waals surface area contributed by atoms with Gasteiger partial charge in [0.15, 0.2) is 6.61 Å². The molecule has 0 saturated carbocycles. The normalized spacial score (nSPS) is 11.2. The Morgan fingerprint density at radius 1 is 0.903 bits per heavy atom. The lowest BCUT2D eigenvalue weighted by atomic mass is 10.1. The molecule has 31 heavy (non-hydrogen) atoms. The monoisotopic (exact) mass is 438 g/mol. The smallest absolute Gasteiger partial charge is 0.262 e. The van der Waals surface area contributed by atoms with Crippen molar-refractivity contribution in [2.75, 3.05) is 18.5 Å². The minimum absolute atomic E-state index is 0.135. The van der Waals surface area contributed by atoms with Crippen LogP contribution in [0.4, 0.5) is 5.69 Å². The maximum atomic E-state index is 12.4. The number of anilines is 1. The second-order valence-electron chi connectivity index (χ2n) is 7.24. The third-order valence-electron chi connectivity index (χ3n) is 4.85. The molecule has 0 saturated heterocycles. The predicted molar refractivity (Wildman–Crippen MR) is 122 cm³/mol. The minimum Gasteiger partial charge on any atom is -0.484 e. The van der Waals surface area contributed by atoms with Crippen molar-refractivity contribution < 1.29 is 17.9 Å². The van der Waals surface area contributed by atoms with E-state index in [1.807, 2.05) is 62.4 Å². The summed E-state index contributed by atoms with van der Waals surface area (Å²) in [5, 5.41) is 2.70. The van der Waals surface area contributed by atoms with Crippen LogP contribution in [-0.4, -0.2) is 27.5 Å². The first-order valence-corrected chi connectivity index (χ1v) is 11.5. The summed E-state index contributed by atoms with van der Waals surface area (Å²) in [6, 6.07) is 21.3. The summed E-state index contributed by atoms with van der Waals surface area (Å²) in [5.74, 6) is 0.302. The molecule has 0 unspecified atom stereocenters. The lowest BCUT2D eigenvalue weighted by molar-refractivity contribution is -0.118. The molecule has 2 N–H and O–H groups in total. The van der Waals surface area contributed by atoms with Gasteiger partial charge in [0, 0.05) is 12.2 Å². The third-order valence-corrected chi connectivity index (χ3v) is 6.32. The Morgan fingerprint density at radius 2 is 1.61 bits per heavy atom. The first-order valence-electron chi connectivity index (χ1n) is 9.97. The van der Waals surface area contributed by atoms with Gasteiger partial charge in [-0.2, -0.15) is 0 Å². The quantitative estimate of drug-likeness (QED) is 0.532. The van der Waals surface area contributed by atoms with Crippen LogP contribution in [0.3, 0.4) is 0 Å². The molecule has 162 valence electrons. The Balaban J connectivity index is 1.50. The average Bonchev–Trinajstić information content (AvgIpc) is 2.75. The van der Waals surface area contributed by atoms with Crippen molar-refractivity contribution in [2.24, 2.45) is 0 Å². The molecule has 0 bridgehead atoms. The molecule has 0 radical (unpaired) electrons. The molecule has 7 heteroatoms. The number of benzene rings is 3. The van der Waals surface area contributed by atoms with Crippen molar-refractivity contribution in [3.8, 4) is 5.75 Å². The van der Waals surface area contributed by atoms with Gasteiger partial charge in [-0.25, -0.2) is 13.1 Å². The highest BCUT2D eigenvalue weighted by atomic mass is 32.2. The first kappa shape index (κ1) is 22.5. The van der Waals surface area contributed by atoms with E-state index in [9.17, 15) is 13.2 Å². The Bertz CT molecular complexity index is 1130. The second kappa shape index (κ2) is 10.2. The summed E-state index contributed by atoms with van der Waals surface area (Å²) < 4.78 is 33.0. The number of nitrogens with one attached hydrogen (secondary N) is 2. The van der Waals surface area contributed by atoms with E-state index in [1.165, 1.54) is 12.1 Å². The maximum absolute atomic E-state index is 12.4. The summed E-state index contributed by atoms with van der Waals surface area (Å²) in [5.41, 5.74) is 3.80. The second-order valence-corrected chi connectivity index (χ2v) is 9.01. The van der Waals surface area contributed by atoms with Crippen molar-refractivity contribution in [3.63, 3.8) is 0 Å². The number of sulfonamides is 1. The van der Waals surface area contributed by atoms with Crippen LogP contribution in [0.25, 0.3) is 0 Å². The third kappa shape index (κ3) is 6.67. The molecule has 0 heterocycles. The van der Waals surface area contributed by atoms with E-state index in [4.69, 9.17) is 4.74 Å². The van der Waals surface area contributed by atoms with Crippen molar-refractivity contribution in [3.05, 3.63) is 89.5 Å². The van der Waals surface area contributed by atoms with Gasteiger partial charge in [-0.15, -0.1) is 0 Å². The SMILES string of the molecule is Cc1ccc(OCC(=O)Nc2ccc(S(=O)(=O)NCCc3ccccc3)cc2)cc1C. The molecule has 3 rings (SSSR count). The van der Waals surface area contributed by atoms with Crippen molar-refractivity contribution >= 4 is 21.6 Å². The fourth-order valence-electron chi connectivity index (χ4n) is 2.92. The van der Waals surface area contributed by atoms with Crippen LogP contribution in [0.5, 0.6) is 5.75 Å². The molecule has 1 amide bonds. The number of rotatable bonds is 9. The molecule has 0 fully saturated rings. The number of hydrogen-bond acceptors (Lipinski definition) is 4. The van der Waals surface area contributed by atoms with E-state index in [0.29, 0.717) is 24.4 Å². The van der Waals surface area contributed by atoms with Crippen LogP contribution in [0.15, 0.2) is 77.7 Å². The molecule has 0 aliphatic heterocycles. The van der Waals surface area contributed by atoms with Crippen LogP contribution in [0, 0.1) is 13.8 Å². The number of aryl methyl sites for hydroxylation is 2. The summed E-state index contributed by atoms with van der Waals surface area (Å²) in [7, 11) is -3.62. The molecular formula is C24H26N2O4S. The number of carbonyl (C=O) groups is 1. The van der Waals surface area contributed by atoms with E-state index in [2.05, 4.69) is 10.0 Å². The summed E-state index contributed by atoms with van der Waals surface area (Å²) >= 11 is 0. The Labute approximate surface area is 183 Å². The Morgan fingerprint density at radius 3 is 2.29 bits per heavy atom. The van der Waals surface area contributed by atoms with Gasteiger partial charge in [0.25, 0.3) is 5.91 Å². The molecule has 0 spiro atoms. The van der Waals surface area contributed by atoms with Gasteiger partial charge in [-0.1, -0.05) is 36.4 Å². The summed E-state index contributed by atoms with van der Waals surface area (Å²) in [4.78, 5) is 12.3. The lowest BCUT2D eigenvalue weighted by Gasteiger charge is -2.10. The standard InChI is InChI=1S/C24H26N2O4S/c1-18-8-11-22(16-19(18)2)30-17-24(27)26-21-9-12-23(13-10-21)31(28,29)25-15-14-20-6-4-3-5-7-20/h3-13,16,25H,14-15,17H2,1-2H3,(H,26,27). The van der Waals surface area contributed by atoms with Gasteiger partial charge in [0.1, 0.15) is 5.75 Å². The Kier molecular flexibility index (Phi) is 7.44. The van der Waals surface area contributed by atoms with E-state index in [-0.39, 0.29) is 17.4 Å². The van der Waals surface area contributed by atoms with E-state index in [1.54, 1.807) is 12.1 Å². The van der Waals surface area contributed by atoms with Crippen LogP contribution in [0.2, 0.25) is 0 Å². The van der Waals surface area contributed by atoms with Gasteiger partial charge in [0.2, 0.25) is 10.0 Å². The zero-order valence-corrected chi connectivity index (χ0v) is 18.4. The van der Waals surface area contributed by atoms with Gasteiger partial charge in [-0.3, -0.25) is 4.79 Å². The van der Waals surface area contributed by atoms with Crippen molar-refractivity contribution in [1.82, 2.24) is 4.72 Å². The van der Waals surface area contributed by atoms with Crippen LogP contribution < -0.4 is 14.8 Å². The first-order chi connectivity index (χ1) is 14.8. The number of hydrogen-bond donors (Lipinski definition) is 2. The van der Waals surface area contributed by atoms with Crippen LogP contribution >= 0.6 is 0 Å². The topological polar surface area (TPSA) is 84.5 Å². The molecule has 0 atom stereocenters. The molecule has 0 aromatic heterocycles. The predicted octanol–water partition coefficient (Wildman–Crippen LogP) is 3.84. The minimum atomic E-state index is -3.62. The molecule has 0 aliphatic rings. The van der Waals surface area contributed by atoms with E-state index >= 15 is 0 Å². The highest BCUT2D eigenvalue weighted by molar-refractivity contribution is 7.89. The highest BCUT2D eigenvalue weighted by Crippen LogP contribution is 2.17. The average molecular weight is 439 g/mol. The summed E-state index contributed by atoms with van der Waals surface area (Å²) in [6.07, 6.45) is 0.606. The zero-order valence-electron chi connectivity index (χ0n) is 17.6. The fourth-order valence-corrected chi connectivity index (χ4v) is 3.96. The van der Waals surface area contributed by atoms with E-state index < -0.39 is 10.0 Å². The highest BCUT2D eigenvalue weighted by Gasteiger charge is 2.13. The van der Waals surface area contributed by atoms with E-state index in [0.717, 1.165) is 16.7 Å². The van der Waals surface area contributed by atoms with Crippen molar-refractivity contribution in [1.29, 1.82) is 0 Å². The van der Waals surface area contributed by atoms with Gasteiger partial charge < -0.3 is 10.1 Å². The molecule has 3 aromatic carbocycles. The fraction of sp³-hybridized carbons (Fsp3) is 0.208. The maximum Gasteiger partial charge on any atom is 0.262 e. The number of carbonyl (C=O) groups excluding carboxylic acids is 1. The zero-order chi connectivity index (χ0) is 22.3. The number of ether oxygens (including phenoxy) is 1. The molecule has 6 nitrogen and oxygen atoms in total. The number of amides is 1. The molecule has 3 aromatic rings. The van der Waals surface area contributed by atoms with Crippen molar-refractivity contribution in [2.45, 2.75) is 25.2 Å².